The van der Waals surface area contributed by atoms with Crippen molar-refractivity contribution in [2.75, 3.05) is 20.3 Å². The maximum atomic E-state index is 9.86. The molecular formula is C23H31NO4. The SMILES string of the molecule is COC1C(C)(CO)ONC1(OCCCCCc1ccccc1)c1ccccc1. The van der Waals surface area contributed by atoms with E-state index in [1.165, 1.54) is 5.56 Å². The highest BCUT2D eigenvalue weighted by atomic mass is 16.7. The van der Waals surface area contributed by atoms with E-state index in [0.29, 0.717) is 6.61 Å². The number of aryl methyl sites for hydroxylation is 1. The van der Waals surface area contributed by atoms with Gasteiger partial charge in [-0.2, -0.15) is 5.48 Å². The van der Waals surface area contributed by atoms with Crippen LogP contribution in [0.2, 0.25) is 0 Å². The molecule has 0 saturated carbocycles. The molecule has 2 aromatic carbocycles. The number of ether oxygens (including phenoxy) is 2. The quantitative estimate of drug-likeness (QED) is 0.613. The van der Waals surface area contributed by atoms with Crippen LogP contribution < -0.4 is 5.48 Å². The van der Waals surface area contributed by atoms with Crippen LogP contribution in [0.1, 0.15) is 37.3 Å². The Hall–Kier alpha value is -1.76. The van der Waals surface area contributed by atoms with Crippen molar-refractivity contribution in [3.8, 4) is 0 Å². The highest BCUT2D eigenvalue weighted by molar-refractivity contribution is 5.26. The standard InChI is InChI=1S/C23H31NO4/c1-22(18-25)21(26-2)23(24-28-22,20-15-9-4-10-16-20)27-17-11-5-8-14-19-12-6-3-7-13-19/h3-4,6-7,9-10,12-13,15-16,21,24-25H,5,8,11,14,17-18H2,1-2H3. The summed E-state index contributed by atoms with van der Waals surface area (Å²) in [7, 11) is 1.62. The maximum absolute atomic E-state index is 9.86. The summed E-state index contributed by atoms with van der Waals surface area (Å²) in [5.74, 6) is 0. The van der Waals surface area contributed by atoms with Gasteiger partial charge in [-0.15, -0.1) is 0 Å². The van der Waals surface area contributed by atoms with Crippen LogP contribution >= 0.6 is 0 Å². The number of hydrogen-bond acceptors (Lipinski definition) is 5. The van der Waals surface area contributed by atoms with Crippen molar-refractivity contribution in [1.82, 2.24) is 5.48 Å². The third-order valence-corrected chi connectivity index (χ3v) is 5.39. The van der Waals surface area contributed by atoms with Crippen molar-refractivity contribution in [2.24, 2.45) is 0 Å². The highest BCUT2D eigenvalue weighted by Gasteiger charge is 2.59. The Labute approximate surface area is 167 Å². The third kappa shape index (κ3) is 4.45. The van der Waals surface area contributed by atoms with E-state index >= 15 is 0 Å². The van der Waals surface area contributed by atoms with Crippen LogP contribution in [-0.2, 0) is 26.5 Å². The Morgan fingerprint density at radius 1 is 1.00 bits per heavy atom. The number of rotatable bonds is 10. The van der Waals surface area contributed by atoms with E-state index in [2.05, 4.69) is 29.7 Å². The topological polar surface area (TPSA) is 60.0 Å². The van der Waals surface area contributed by atoms with Crippen molar-refractivity contribution in [3.05, 3.63) is 71.8 Å². The molecule has 2 N–H and O–H groups in total. The van der Waals surface area contributed by atoms with Gasteiger partial charge >= 0.3 is 0 Å². The average molecular weight is 386 g/mol. The first-order valence-corrected chi connectivity index (χ1v) is 9.97. The second-order valence-electron chi connectivity index (χ2n) is 7.54. The Balaban J connectivity index is 1.61. The molecule has 2 aromatic rings. The van der Waals surface area contributed by atoms with Gasteiger partial charge < -0.3 is 14.6 Å². The van der Waals surface area contributed by atoms with E-state index in [0.717, 1.165) is 31.2 Å². The fourth-order valence-electron chi connectivity index (χ4n) is 3.83. The summed E-state index contributed by atoms with van der Waals surface area (Å²) in [6.45, 7) is 2.22. The van der Waals surface area contributed by atoms with E-state index in [-0.39, 0.29) is 6.61 Å². The number of aliphatic hydroxyl groups excluding tert-OH is 1. The van der Waals surface area contributed by atoms with Crippen LogP contribution in [0.3, 0.4) is 0 Å². The molecule has 1 heterocycles. The molecule has 1 aliphatic heterocycles. The van der Waals surface area contributed by atoms with Gasteiger partial charge in [0.1, 0.15) is 11.7 Å². The predicted molar refractivity (Wildman–Crippen MR) is 109 cm³/mol. The number of unbranched alkanes of at least 4 members (excludes halogenated alkanes) is 2. The molecule has 3 rings (SSSR count). The lowest BCUT2D eigenvalue weighted by Crippen LogP contribution is -2.53. The minimum Gasteiger partial charge on any atom is -0.393 e. The summed E-state index contributed by atoms with van der Waals surface area (Å²) >= 11 is 0. The van der Waals surface area contributed by atoms with E-state index in [9.17, 15) is 5.11 Å². The summed E-state index contributed by atoms with van der Waals surface area (Å²) < 4.78 is 12.1. The molecule has 1 saturated heterocycles. The molecule has 3 unspecified atom stereocenters. The van der Waals surface area contributed by atoms with Crippen LogP contribution in [0.25, 0.3) is 0 Å². The van der Waals surface area contributed by atoms with Crippen molar-refractivity contribution < 1.29 is 19.4 Å². The zero-order chi connectivity index (χ0) is 19.9. The molecule has 1 fully saturated rings. The summed E-state index contributed by atoms with van der Waals surface area (Å²) in [5.41, 5.74) is 3.48. The highest BCUT2D eigenvalue weighted by Crippen LogP contribution is 2.41. The lowest BCUT2D eigenvalue weighted by molar-refractivity contribution is -0.155. The van der Waals surface area contributed by atoms with Crippen LogP contribution in [-0.4, -0.2) is 37.1 Å². The molecule has 5 nitrogen and oxygen atoms in total. The Bertz CT molecular complexity index is 711. The maximum Gasteiger partial charge on any atom is 0.195 e. The molecule has 1 aliphatic rings. The number of benzene rings is 2. The molecule has 0 aromatic heterocycles. The molecule has 0 aliphatic carbocycles. The van der Waals surface area contributed by atoms with E-state index < -0.39 is 17.4 Å². The van der Waals surface area contributed by atoms with Crippen molar-refractivity contribution in [2.45, 2.75) is 50.0 Å². The smallest absolute Gasteiger partial charge is 0.195 e. The van der Waals surface area contributed by atoms with Gasteiger partial charge in [0.05, 0.1) is 6.61 Å². The second-order valence-corrected chi connectivity index (χ2v) is 7.54. The fraction of sp³-hybridized carbons (Fsp3) is 0.478. The second kappa shape index (κ2) is 9.63. The first kappa shape index (κ1) is 21.0. The largest absolute Gasteiger partial charge is 0.393 e. The van der Waals surface area contributed by atoms with Gasteiger partial charge in [0.15, 0.2) is 5.72 Å². The minimum atomic E-state index is -0.951. The van der Waals surface area contributed by atoms with Gasteiger partial charge in [-0.05, 0) is 31.7 Å². The third-order valence-electron chi connectivity index (χ3n) is 5.39. The first-order chi connectivity index (χ1) is 13.6. The van der Waals surface area contributed by atoms with Gasteiger partial charge in [-0.3, -0.25) is 4.84 Å². The Kier molecular flexibility index (Phi) is 7.21. The molecule has 0 spiro atoms. The molecule has 0 radical (unpaired) electrons. The van der Waals surface area contributed by atoms with E-state index in [1.54, 1.807) is 7.11 Å². The molecular weight excluding hydrogens is 354 g/mol. The van der Waals surface area contributed by atoms with Crippen LogP contribution in [0.5, 0.6) is 0 Å². The Morgan fingerprint density at radius 2 is 1.68 bits per heavy atom. The number of hydroxylamine groups is 1. The van der Waals surface area contributed by atoms with Gasteiger partial charge in [-0.25, -0.2) is 0 Å². The Morgan fingerprint density at radius 3 is 2.32 bits per heavy atom. The number of aliphatic hydroxyl groups is 1. The monoisotopic (exact) mass is 385 g/mol. The number of nitrogens with one attached hydrogen (secondary N) is 1. The zero-order valence-electron chi connectivity index (χ0n) is 16.8. The van der Waals surface area contributed by atoms with E-state index in [4.69, 9.17) is 14.3 Å². The minimum absolute atomic E-state index is 0.173. The lowest BCUT2D eigenvalue weighted by atomic mass is 9.87. The molecule has 28 heavy (non-hydrogen) atoms. The average Bonchev–Trinajstić information content (AvgIpc) is 3.05. The van der Waals surface area contributed by atoms with Crippen LogP contribution in [0, 0.1) is 0 Å². The molecule has 5 heteroatoms. The number of hydrogen-bond donors (Lipinski definition) is 2. The lowest BCUT2D eigenvalue weighted by Gasteiger charge is -2.36. The van der Waals surface area contributed by atoms with Crippen molar-refractivity contribution >= 4 is 0 Å². The summed E-state index contributed by atoms with van der Waals surface area (Å²) in [6.07, 6.45) is 3.73. The molecule has 0 amide bonds. The van der Waals surface area contributed by atoms with Crippen molar-refractivity contribution in [3.63, 3.8) is 0 Å². The number of methoxy groups -OCH3 is 1. The molecule has 3 atom stereocenters. The van der Waals surface area contributed by atoms with Gasteiger partial charge in [0, 0.05) is 19.3 Å². The molecule has 152 valence electrons. The summed E-state index contributed by atoms with van der Waals surface area (Å²) in [6, 6.07) is 20.4. The first-order valence-electron chi connectivity index (χ1n) is 9.97. The predicted octanol–water partition coefficient (Wildman–Crippen LogP) is 3.57. The fourth-order valence-corrected chi connectivity index (χ4v) is 3.83. The summed E-state index contributed by atoms with van der Waals surface area (Å²) in [4.78, 5) is 5.75. The van der Waals surface area contributed by atoms with Crippen LogP contribution in [0.4, 0.5) is 0 Å². The van der Waals surface area contributed by atoms with Crippen molar-refractivity contribution in [1.29, 1.82) is 0 Å². The normalized spacial score (nSPS) is 27.2. The van der Waals surface area contributed by atoms with E-state index in [1.807, 2.05) is 43.3 Å². The van der Waals surface area contributed by atoms with Gasteiger partial charge in [0.2, 0.25) is 0 Å². The van der Waals surface area contributed by atoms with Crippen LogP contribution in [0.15, 0.2) is 60.7 Å². The van der Waals surface area contributed by atoms with Gasteiger partial charge in [0.25, 0.3) is 0 Å². The zero-order valence-corrected chi connectivity index (χ0v) is 16.8. The summed E-state index contributed by atoms with van der Waals surface area (Å²) in [5, 5.41) is 9.86. The molecule has 0 bridgehead atoms. The van der Waals surface area contributed by atoms with Gasteiger partial charge in [-0.1, -0.05) is 67.1 Å².